The van der Waals surface area contributed by atoms with Crippen LogP contribution in [-0.4, -0.2) is 36.3 Å². The molecule has 1 N–H and O–H groups in total. The van der Waals surface area contributed by atoms with Gasteiger partial charge in [0.05, 0.1) is 10.8 Å². The van der Waals surface area contributed by atoms with Gasteiger partial charge in [-0.3, -0.25) is 4.79 Å². The van der Waals surface area contributed by atoms with Gasteiger partial charge < -0.3 is 9.88 Å². The molecular weight excluding hydrogens is 417 g/mol. The molecule has 1 fully saturated rings. The Morgan fingerprint density at radius 3 is 2.68 bits per heavy atom. The summed E-state index contributed by atoms with van der Waals surface area (Å²) >= 11 is 0. The lowest BCUT2D eigenvalue weighted by molar-refractivity contribution is -0.126. The van der Waals surface area contributed by atoms with E-state index in [-0.39, 0.29) is 29.7 Å². The number of sulfonamides is 1. The van der Waals surface area contributed by atoms with Crippen molar-refractivity contribution in [2.24, 2.45) is 5.92 Å². The summed E-state index contributed by atoms with van der Waals surface area (Å²) in [5, 5.41) is 3.73. The first-order valence-electron chi connectivity index (χ1n) is 10.5. The van der Waals surface area contributed by atoms with Crippen molar-refractivity contribution < 1.29 is 17.6 Å². The van der Waals surface area contributed by atoms with E-state index in [0.29, 0.717) is 19.4 Å². The van der Waals surface area contributed by atoms with Crippen LogP contribution < -0.4 is 5.32 Å². The van der Waals surface area contributed by atoms with Crippen molar-refractivity contribution >= 4 is 26.8 Å². The summed E-state index contributed by atoms with van der Waals surface area (Å²) in [7, 11) is -3.69. The summed E-state index contributed by atoms with van der Waals surface area (Å²) in [5.41, 5.74) is 1.79. The maximum absolute atomic E-state index is 13.2. The fourth-order valence-corrected chi connectivity index (χ4v) is 5.63. The highest BCUT2D eigenvalue weighted by Gasteiger charge is 2.33. The average Bonchev–Trinajstić information content (AvgIpc) is 3.21. The fraction of sp³-hybridized carbons (Fsp3) is 0.348. The van der Waals surface area contributed by atoms with Gasteiger partial charge >= 0.3 is 0 Å². The van der Waals surface area contributed by atoms with Crippen LogP contribution in [0.4, 0.5) is 4.39 Å². The van der Waals surface area contributed by atoms with Crippen LogP contribution in [0.15, 0.2) is 59.6 Å². The lowest BCUT2D eigenvalue weighted by Crippen LogP contribution is -2.45. The zero-order valence-electron chi connectivity index (χ0n) is 17.4. The predicted molar refractivity (Wildman–Crippen MR) is 117 cm³/mol. The molecule has 0 spiro atoms. The van der Waals surface area contributed by atoms with Crippen molar-refractivity contribution in [3.63, 3.8) is 0 Å². The number of fused-ring (bicyclic) bond motifs is 1. The summed E-state index contributed by atoms with van der Waals surface area (Å²) in [5.74, 6) is -0.916. The van der Waals surface area contributed by atoms with E-state index in [2.05, 4.69) is 9.88 Å². The Kier molecular flexibility index (Phi) is 6.11. The van der Waals surface area contributed by atoms with Gasteiger partial charge in [0, 0.05) is 43.3 Å². The molecule has 1 saturated heterocycles. The zero-order valence-corrected chi connectivity index (χ0v) is 18.2. The Bertz CT molecular complexity index is 1190. The van der Waals surface area contributed by atoms with Crippen LogP contribution in [0.2, 0.25) is 0 Å². The third-order valence-corrected chi connectivity index (χ3v) is 7.72. The summed E-state index contributed by atoms with van der Waals surface area (Å²) in [4.78, 5) is 12.9. The summed E-state index contributed by atoms with van der Waals surface area (Å²) in [6.07, 6.45) is 3.21. The molecule has 0 saturated carbocycles. The first-order valence-corrected chi connectivity index (χ1v) is 11.9. The number of amides is 1. The van der Waals surface area contributed by atoms with Crippen molar-refractivity contribution in [2.45, 2.75) is 37.8 Å². The first kappa shape index (κ1) is 21.5. The van der Waals surface area contributed by atoms with Gasteiger partial charge in [-0.2, -0.15) is 4.31 Å². The van der Waals surface area contributed by atoms with E-state index in [4.69, 9.17) is 0 Å². The average molecular weight is 444 g/mol. The topological polar surface area (TPSA) is 71.4 Å². The molecule has 4 rings (SSSR count). The number of carbonyl (C=O) groups excluding carboxylic acids is 1. The molecule has 2 heterocycles. The Morgan fingerprint density at radius 1 is 1.16 bits per heavy atom. The molecule has 164 valence electrons. The highest BCUT2D eigenvalue weighted by molar-refractivity contribution is 7.89. The van der Waals surface area contributed by atoms with Crippen molar-refractivity contribution in [1.82, 2.24) is 14.2 Å². The molecule has 8 heteroatoms. The van der Waals surface area contributed by atoms with Gasteiger partial charge in [-0.1, -0.05) is 12.1 Å². The SMILES string of the molecule is CCn1ccc2cc(S(=O)(=O)N3CCCC(C(=O)NCc4ccc(F)cc4)C3)ccc21. The van der Waals surface area contributed by atoms with E-state index >= 15 is 0 Å². The third kappa shape index (κ3) is 4.50. The number of benzene rings is 2. The Balaban J connectivity index is 1.45. The van der Waals surface area contributed by atoms with Crippen LogP contribution in [0.1, 0.15) is 25.3 Å². The van der Waals surface area contributed by atoms with E-state index in [9.17, 15) is 17.6 Å². The molecule has 1 aromatic heterocycles. The van der Waals surface area contributed by atoms with E-state index in [1.54, 1.807) is 24.3 Å². The van der Waals surface area contributed by atoms with Gasteiger partial charge in [0.2, 0.25) is 15.9 Å². The third-order valence-electron chi connectivity index (χ3n) is 5.86. The molecule has 1 aliphatic rings. The molecule has 1 atom stereocenters. The second-order valence-electron chi connectivity index (χ2n) is 7.87. The number of hydrogen-bond acceptors (Lipinski definition) is 3. The highest BCUT2D eigenvalue weighted by Crippen LogP contribution is 2.27. The van der Waals surface area contributed by atoms with Crippen molar-refractivity contribution in [2.75, 3.05) is 13.1 Å². The van der Waals surface area contributed by atoms with Gasteiger partial charge in [-0.15, -0.1) is 0 Å². The number of rotatable bonds is 6. The standard InChI is InChI=1S/C23H26FN3O3S/c1-2-26-13-11-18-14-21(9-10-22(18)26)31(29,30)27-12-3-4-19(16-27)23(28)25-15-17-5-7-20(24)8-6-17/h5-11,13-14,19H,2-4,12,15-16H2,1H3,(H,25,28). The number of nitrogens with zero attached hydrogens (tertiary/aromatic N) is 2. The number of halogens is 1. The molecule has 2 aromatic carbocycles. The van der Waals surface area contributed by atoms with Gasteiger partial charge in [-0.25, -0.2) is 12.8 Å². The largest absolute Gasteiger partial charge is 0.352 e. The van der Waals surface area contributed by atoms with Gasteiger partial charge in [-0.05, 0) is 61.7 Å². The number of aromatic nitrogens is 1. The number of nitrogens with one attached hydrogen (secondary N) is 1. The number of piperidine rings is 1. The van der Waals surface area contributed by atoms with Crippen LogP contribution in [0, 0.1) is 11.7 Å². The Labute approximate surface area is 181 Å². The second kappa shape index (κ2) is 8.80. The van der Waals surface area contributed by atoms with Gasteiger partial charge in [0.1, 0.15) is 5.82 Å². The number of aryl methyl sites for hydroxylation is 1. The molecule has 1 amide bonds. The number of carbonyl (C=O) groups is 1. The van der Waals surface area contributed by atoms with Gasteiger partial charge in [0.15, 0.2) is 0 Å². The monoisotopic (exact) mass is 443 g/mol. The van der Waals surface area contributed by atoms with Crippen molar-refractivity contribution in [3.05, 3.63) is 66.1 Å². The van der Waals surface area contributed by atoms with E-state index < -0.39 is 15.9 Å². The van der Waals surface area contributed by atoms with Gasteiger partial charge in [0.25, 0.3) is 0 Å². The normalized spacial score (nSPS) is 17.7. The summed E-state index contributed by atoms with van der Waals surface area (Å²) in [6.45, 7) is 3.70. The van der Waals surface area contributed by atoms with E-state index in [1.807, 2.05) is 25.3 Å². The van der Waals surface area contributed by atoms with Crippen LogP contribution in [0.3, 0.4) is 0 Å². The van der Waals surface area contributed by atoms with Crippen molar-refractivity contribution in [3.8, 4) is 0 Å². The van der Waals surface area contributed by atoms with Crippen LogP contribution in [0.5, 0.6) is 0 Å². The molecular formula is C23H26FN3O3S. The quantitative estimate of drug-likeness (QED) is 0.634. The summed E-state index contributed by atoms with van der Waals surface area (Å²) in [6, 6.07) is 13.0. The van der Waals surface area contributed by atoms with Crippen LogP contribution in [0.25, 0.3) is 10.9 Å². The smallest absolute Gasteiger partial charge is 0.243 e. The molecule has 0 radical (unpaired) electrons. The molecule has 0 aliphatic carbocycles. The maximum Gasteiger partial charge on any atom is 0.243 e. The minimum absolute atomic E-state index is 0.158. The number of hydrogen-bond donors (Lipinski definition) is 1. The fourth-order valence-electron chi connectivity index (χ4n) is 4.07. The lowest BCUT2D eigenvalue weighted by Gasteiger charge is -2.31. The highest BCUT2D eigenvalue weighted by atomic mass is 32.2. The molecule has 3 aromatic rings. The molecule has 0 bridgehead atoms. The lowest BCUT2D eigenvalue weighted by atomic mass is 9.99. The summed E-state index contributed by atoms with van der Waals surface area (Å²) < 4.78 is 43.0. The molecule has 31 heavy (non-hydrogen) atoms. The maximum atomic E-state index is 13.2. The zero-order chi connectivity index (χ0) is 22.0. The second-order valence-corrected chi connectivity index (χ2v) is 9.81. The minimum atomic E-state index is -3.69. The van der Waals surface area contributed by atoms with Crippen LogP contribution in [-0.2, 0) is 27.9 Å². The molecule has 1 aliphatic heterocycles. The minimum Gasteiger partial charge on any atom is -0.352 e. The van der Waals surface area contributed by atoms with E-state index in [1.165, 1.54) is 16.4 Å². The molecule has 1 unspecified atom stereocenters. The Morgan fingerprint density at radius 2 is 1.94 bits per heavy atom. The molecule has 6 nitrogen and oxygen atoms in total. The first-order chi connectivity index (χ1) is 14.9. The van der Waals surface area contributed by atoms with Crippen LogP contribution >= 0.6 is 0 Å². The predicted octanol–water partition coefficient (Wildman–Crippen LogP) is 3.52. The van der Waals surface area contributed by atoms with E-state index in [0.717, 1.165) is 23.0 Å². The van der Waals surface area contributed by atoms with Crippen molar-refractivity contribution in [1.29, 1.82) is 0 Å². The Hall–Kier alpha value is -2.71.